The molecule has 56 valence electrons. The van der Waals surface area contributed by atoms with Crippen LogP contribution in [0.2, 0.25) is 0 Å². The molecule has 0 aliphatic carbocycles. The van der Waals surface area contributed by atoms with Gasteiger partial charge in [-0.15, -0.1) is 0 Å². The highest BCUT2D eigenvalue weighted by atomic mass is 15.1. The van der Waals surface area contributed by atoms with Gasteiger partial charge in [0, 0.05) is 6.54 Å². The van der Waals surface area contributed by atoms with Gasteiger partial charge in [0.05, 0.1) is 12.7 Å². The first-order valence-electron chi connectivity index (χ1n) is 3.80. The molecule has 2 nitrogen and oxygen atoms in total. The Hall–Kier alpha value is -0.790. The minimum Gasteiger partial charge on any atom is -0.363 e. The molecule has 0 aromatic carbocycles. The predicted molar refractivity (Wildman–Crippen MR) is 43.3 cm³/mol. The van der Waals surface area contributed by atoms with Crippen LogP contribution in [0.25, 0.3) is 0 Å². The fourth-order valence-corrected chi connectivity index (χ4v) is 1.01. The lowest BCUT2D eigenvalue weighted by Gasteiger charge is -2.16. The van der Waals surface area contributed by atoms with Crippen molar-refractivity contribution in [1.29, 1.82) is 0 Å². The second-order valence-corrected chi connectivity index (χ2v) is 2.64. The topological polar surface area (TPSA) is 6.25 Å². The highest BCUT2D eigenvalue weighted by molar-refractivity contribution is 5.55. The summed E-state index contributed by atoms with van der Waals surface area (Å²) in [5.74, 6) is 0. The Labute approximate surface area is 62.5 Å². The minimum absolute atomic E-state index is 1.06. The first-order valence-corrected chi connectivity index (χ1v) is 3.80. The Morgan fingerprint density at radius 3 is 2.90 bits per heavy atom. The van der Waals surface area contributed by atoms with Crippen LogP contribution >= 0.6 is 0 Å². The molecule has 0 radical (unpaired) electrons. The molecule has 0 amide bonds. The number of nitrogens with zero attached hydrogens (tertiary/aromatic N) is 2. The van der Waals surface area contributed by atoms with Crippen LogP contribution in [0.15, 0.2) is 12.4 Å². The van der Waals surface area contributed by atoms with Gasteiger partial charge in [-0.1, -0.05) is 6.92 Å². The maximum atomic E-state index is 2.31. The van der Waals surface area contributed by atoms with Gasteiger partial charge in [-0.05, 0) is 6.42 Å². The SMILES string of the molecule is CCCN1C=C[N+](C)=CC1. The molecule has 0 saturated heterocycles. The van der Waals surface area contributed by atoms with Crippen LogP contribution in [0.3, 0.4) is 0 Å². The zero-order valence-corrected chi connectivity index (χ0v) is 6.75. The third-order valence-electron chi connectivity index (χ3n) is 1.63. The van der Waals surface area contributed by atoms with Gasteiger partial charge >= 0.3 is 0 Å². The fraction of sp³-hybridized carbons (Fsp3) is 0.625. The van der Waals surface area contributed by atoms with E-state index in [1.165, 1.54) is 13.0 Å². The molecule has 0 unspecified atom stereocenters. The van der Waals surface area contributed by atoms with Crippen molar-refractivity contribution in [2.24, 2.45) is 0 Å². The summed E-state index contributed by atoms with van der Waals surface area (Å²) in [7, 11) is 2.06. The molecule has 0 aromatic heterocycles. The monoisotopic (exact) mass is 139 g/mol. The molecule has 0 fully saturated rings. The molecular formula is C8H15N2+. The second kappa shape index (κ2) is 3.40. The number of rotatable bonds is 2. The Morgan fingerprint density at radius 2 is 2.40 bits per heavy atom. The molecule has 1 aliphatic heterocycles. The van der Waals surface area contributed by atoms with E-state index in [4.69, 9.17) is 0 Å². The molecule has 0 saturated carbocycles. The van der Waals surface area contributed by atoms with Gasteiger partial charge in [-0.3, -0.25) is 0 Å². The Kier molecular flexibility index (Phi) is 2.49. The summed E-state index contributed by atoms with van der Waals surface area (Å²) in [6, 6.07) is 0. The van der Waals surface area contributed by atoms with Crippen molar-refractivity contribution in [3.8, 4) is 0 Å². The third-order valence-corrected chi connectivity index (χ3v) is 1.63. The van der Waals surface area contributed by atoms with Gasteiger partial charge in [0.25, 0.3) is 0 Å². The Morgan fingerprint density at radius 1 is 1.60 bits per heavy atom. The van der Waals surface area contributed by atoms with E-state index in [9.17, 15) is 0 Å². The van der Waals surface area contributed by atoms with E-state index in [1.54, 1.807) is 0 Å². The maximum absolute atomic E-state index is 2.31. The average molecular weight is 139 g/mol. The van der Waals surface area contributed by atoms with Crippen LogP contribution in [0.1, 0.15) is 13.3 Å². The van der Waals surface area contributed by atoms with Crippen molar-refractivity contribution >= 4 is 6.21 Å². The third kappa shape index (κ3) is 1.87. The van der Waals surface area contributed by atoms with Crippen LogP contribution in [0, 0.1) is 0 Å². The lowest BCUT2D eigenvalue weighted by molar-refractivity contribution is -0.421. The summed E-state index contributed by atoms with van der Waals surface area (Å²) in [5.41, 5.74) is 0. The Bertz CT molecular complexity index is 159. The second-order valence-electron chi connectivity index (χ2n) is 2.64. The van der Waals surface area contributed by atoms with E-state index in [-0.39, 0.29) is 0 Å². The smallest absolute Gasteiger partial charge is 0.184 e. The maximum Gasteiger partial charge on any atom is 0.184 e. The molecule has 0 bridgehead atoms. The molecule has 0 N–H and O–H groups in total. The van der Waals surface area contributed by atoms with Gasteiger partial charge < -0.3 is 4.90 Å². The van der Waals surface area contributed by atoms with E-state index in [1.807, 2.05) is 0 Å². The van der Waals surface area contributed by atoms with Crippen molar-refractivity contribution in [3.05, 3.63) is 12.4 Å². The lowest BCUT2D eigenvalue weighted by Crippen LogP contribution is -2.26. The highest BCUT2D eigenvalue weighted by Crippen LogP contribution is 1.94. The Balaban J connectivity index is 2.37. The van der Waals surface area contributed by atoms with Crippen molar-refractivity contribution in [2.45, 2.75) is 13.3 Å². The summed E-state index contributed by atoms with van der Waals surface area (Å²) >= 11 is 0. The van der Waals surface area contributed by atoms with Crippen molar-refractivity contribution in [2.75, 3.05) is 20.1 Å². The lowest BCUT2D eigenvalue weighted by atomic mass is 10.4. The van der Waals surface area contributed by atoms with E-state index < -0.39 is 0 Å². The van der Waals surface area contributed by atoms with E-state index in [0.29, 0.717) is 0 Å². The van der Waals surface area contributed by atoms with E-state index >= 15 is 0 Å². The quantitative estimate of drug-likeness (QED) is 0.515. The molecular weight excluding hydrogens is 124 g/mol. The molecule has 1 aliphatic rings. The van der Waals surface area contributed by atoms with E-state index in [2.05, 4.69) is 42.1 Å². The predicted octanol–water partition coefficient (Wildman–Crippen LogP) is 0.896. The molecule has 1 rings (SSSR count). The number of hydrogen-bond donors (Lipinski definition) is 0. The van der Waals surface area contributed by atoms with Gasteiger partial charge in [0.2, 0.25) is 0 Å². The summed E-state index contributed by atoms with van der Waals surface area (Å²) in [4.78, 5) is 2.31. The fourth-order valence-electron chi connectivity index (χ4n) is 1.01. The molecule has 2 heteroatoms. The van der Waals surface area contributed by atoms with Gasteiger partial charge in [-0.25, -0.2) is 4.58 Å². The summed E-state index contributed by atoms with van der Waals surface area (Å²) in [6.45, 7) is 4.42. The van der Waals surface area contributed by atoms with Crippen LogP contribution < -0.4 is 0 Å². The molecule has 10 heavy (non-hydrogen) atoms. The van der Waals surface area contributed by atoms with Crippen LogP contribution in [0.5, 0.6) is 0 Å². The van der Waals surface area contributed by atoms with Crippen molar-refractivity contribution in [3.63, 3.8) is 0 Å². The highest BCUT2D eigenvalue weighted by Gasteiger charge is 2.03. The van der Waals surface area contributed by atoms with Crippen LogP contribution in [0.4, 0.5) is 0 Å². The zero-order chi connectivity index (χ0) is 7.40. The molecule has 0 aromatic rings. The largest absolute Gasteiger partial charge is 0.363 e. The zero-order valence-electron chi connectivity index (χ0n) is 6.75. The summed E-state index contributed by atoms with van der Waals surface area (Å²) in [5, 5.41) is 0. The van der Waals surface area contributed by atoms with Gasteiger partial charge in [0.1, 0.15) is 7.05 Å². The van der Waals surface area contributed by atoms with Gasteiger partial charge in [-0.2, -0.15) is 0 Å². The minimum atomic E-state index is 1.06. The molecule has 1 heterocycles. The van der Waals surface area contributed by atoms with Crippen molar-refractivity contribution < 1.29 is 4.58 Å². The molecule has 0 atom stereocenters. The first kappa shape index (κ1) is 7.32. The van der Waals surface area contributed by atoms with Crippen LogP contribution in [-0.2, 0) is 0 Å². The number of hydrogen-bond acceptors (Lipinski definition) is 1. The molecule has 0 spiro atoms. The van der Waals surface area contributed by atoms with Gasteiger partial charge in [0.15, 0.2) is 12.4 Å². The van der Waals surface area contributed by atoms with E-state index in [0.717, 1.165) is 6.54 Å². The first-order chi connectivity index (χ1) is 4.83. The standard InChI is InChI=1S/C8H15N2/c1-3-4-10-7-5-9(2)6-8-10/h5-7H,3-4,8H2,1-2H3/q+1. The van der Waals surface area contributed by atoms with Crippen LogP contribution in [-0.4, -0.2) is 35.8 Å². The normalized spacial score (nSPS) is 17.4. The summed E-state index contributed by atoms with van der Waals surface area (Å²) < 4.78 is 2.09. The van der Waals surface area contributed by atoms with Crippen molar-refractivity contribution in [1.82, 2.24) is 4.90 Å². The average Bonchev–Trinajstić information content (AvgIpc) is 1.95. The summed E-state index contributed by atoms with van der Waals surface area (Å²) in [6.07, 6.45) is 7.63.